The summed E-state index contributed by atoms with van der Waals surface area (Å²) in [5.41, 5.74) is 0.249. The summed E-state index contributed by atoms with van der Waals surface area (Å²) in [5, 5.41) is 0.0837. The van der Waals surface area contributed by atoms with Gasteiger partial charge in [-0.2, -0.15) is 10.6 Å². The van der Waals surface area contributed by atoms with E-state index in [1.807, 2.05) is 0 Å². The van der Waals surface area contributed by atoms with Crippen molar-refractivity contribution in [2.75, 3.05) is 13.4 Å². The van der Waals surface area contributed by atoms with Crippen molar-refractivity contribution in [2.24, 2.45) is 0 Å². The number of hydrogen-bond acceptors (Lipinski definition) is 5. The van der Waals surface area contributed by atoms with E-state index in [-0.39, 0.29) is 10.6 Å². The second kappa shape index (κ2) is 3.95. The van der Waals surface area contributed by atoms with E-state index < -0.39 is 16.6 Å². The topological polar surface area (TPSA) is 79.7 Å². The highest BCUT2D eigenvalue weighted by atomic mass is 32.3. The standard InChI is InChI=1S/C8H11NO4S/c1-13-8(10)6-3-4-9-7(5-6)14(2,11)12/h3-5,11-12H,1-2H3. The maximum Gasteiger partial charge on any atom is 0.338 e. The van der Waals surface area contributed by atoms with Crippen LogP contribution >= 0.6 is 10.6 Å². The zero-order valence-corrected chi connectivity index (χ0v) is 8.61. The molecule has 0 aliphatic carbocycles. The van der Waals surface area contributed by atoms with Gasteiger partial charge in [0.15, 0.2) is 0 Å². The number of esters is 1. The van der Waals surface area contributed by atoms with Gasteiger partial charge in [-0.05, 0) is 12.1 Å². The molecule has 0 aliphatic rings. The molecule has 1 rings (SSSR count). The quantitative estimate of drug-likeness (QED) is 0.735. The SMILES string of the molecule is COC(=O)c1ccnc(S(C)(O)O)c1. The van der Waals surface area contributed by atoms with Gasteiger partial charge in [0.1, 0.15) is 5.03 Å². The van der Waals surface area contributed by atoms with Gasteiger partial charge in [-0.25, -0.2) is 9.78 Å². The van der Waals surface area contributed by atoms with Crippen LogP contribution in [0.5, 0.6) is 0 Å². The van der Waals surface area contributed by atoms with Gasteiger partial charge in [0.05, 0.1) is 12.7 Å². The molecule has 0 aliphatic heterocycles. The largest absolute Gasteiger partial charge is 0.465 e. The Morgan fingerprint density at radius 3 is 2.71 bits per heavy atom. The third kappa shape index (κ3) is 2.44. The van der Waals surface area contributed by atoms with Crippen LogP contribution in [0.4, 0.5) is 0 Å². The van der Waals surface area contributed by atoms with Crippen molar-refractivity contribution in [3.63, 3.8) is 0 Å². The smallest absolute Gasteiger partial charge is 0.338 e. The molecule has 5 nitrogen and oxygen atoms in total. The molecule has 0 atom stereocenters. The van der Waals surface area contributed by atoms with Gasteiger partial charge in [0.2, 0.25) is 0 Å². The van der Waals surface area contributed by atoms with Crippen molar-refractivity contribution < 1.29 is 18.6 Å². The lowest BCUT2D eigenvalue weighted by Gasteiger charge is -2.25. The number of carbonyl (C=O) groups excluding carboxylic acids is 1. The first-order valence-corrected chi connectivity index (χ1v) is 5.68. The number of aromatic nitrogens is 1. The number of ether oxygens (including phenoxy) is 1. The van der Waals surface area contributed by atoms with Crippen LogP contribution in [0.1, 0.15) is 10.4 Å². The van der Waals surface area contributed by atoms with E-state index in [0.29, 0.717) is 0 Å². The normalized spacial score (nSPS) is 12.3. The van der Waals surface area contributed by atoms with Crippen LogP contribution in [-0.4, -0.2) is 33.4 Å². The minimum Gasteiger partial charge on any atom is -0.465 e. The molecule has 6 heteroatoms. The van der Waals surface area contributed by atoms with Crippen molar-refractivity contribution in [2.45, 2.75) is 5.03 Å². The van der Waals surface area contributed by atoms with Gasteiger partial charge in [0, 0.05) is 12.5 Å². The van der Waals surface area contributed by atoms with E-state index in [1.54, 1.807) is 0 Å². The third-order valence-corrected chi connectivity index (χ3v) is 2.57. The fourth-order valence-corrected chi connectivity index (χ4v) is 1.48. The average molecular weight is 217 g/mol. The van der Waals surface area contributed by atoms with Crippen LogP contribution in [0, 0.1) is 0 Å². The van der Waals surface area contributed by atoms with E-state index in [2.05, 4.69) is 9.72 Å². The van der Waals surface area contributed by atoms with Crippen LogP contribution in [0.15, 0.2) is 23.4 Å². The molecule has 0 bridgehead atoms. The molecule has 0 aromatic carbocycles. The molecule has 0 amide bonds. The summed E-state index contributed by atoms with van der Waals surface area (Å²) in [6.45, 7) is 0. The van der Waals surface area contributed by atoms with Crippen LogP contribution in [0.3, 0.4) is 0 Å². The predicted octanol–water partition coefficient (Wildman–Crippen LogP) is 1.61. The highest BCUT2D eigenvalue weighted by Crippen LogP contribution is 2.42. The van der Waals surface area contributed by atoms with Gasteiger partial charge in [0.25, 0.3) is 0 Å². The molecular weight excluding hydrogens is 206 g/mol. The van der Waals surface area contributed by atoms with Crippen molar-refractivity contribution in [3.05, 3.63) is 23.9 Å². The van der Waals surface area contributed by atoms with Gasteiger partial charge in [-0.15, -0.1) is 0 Å². The van der Waals surface area contributed by atoms with Crippen molar-refractivity contribution in [1.82, 2.24) is 4.98 Å². The first kappa shape index (κ1) is 11.0. The highest BCUT2D eigenvalue weighted by Gasteiger charge is 2.13. The maximum atomic E-state index is 11.1. The molecule has 78 valence electrons. The van der Waals surface area contributed by atoms with Gasteiger partial charge in [-0.1, -0.05) is 0 Å². The molecule has 1 aromatic heterocycles. The third-order valence-electron chi connectivity index (χ3n) is 1.55. The molecular formula is C8H11NO4S. The Kier molecular flexibility index (Phi) is 3.10. The molecule has 0 spiro atoms. The Bertz CT molecular complexity index is 347. The van der Waals surface area contributed by atoms with E-state index in [1.165, 1.54) is 31.7 Å². The highest BCUT2D eigenvalue weighted by molar-refractivity contribution is 8.23. The molecule has 0 fully saturated rings. The summed E-state index contributed by atoms with van der Waals surface area (Å²) in [6.07, 6.45) is 2.58. The summed E-state index contributed by atoms with van der Waals surface area (Å²) in [4.78, 5) is 14.8. The minimum atomic E-state index is -2.89. The summed E-state index contributed by atoms with van der Waals surface area (Å²) >= 11 is 0. The summed E-state index contributed by atoms with van der Waals surface area (Å²) in [7, 11) is -1.63. The first-order valence-electron chi connectivity index (χ1n) is 3.73. The van der Waals surface area contributed by atoms with Crippen molar-refractivity contribution in [3.8, 4) is 0 Å². The van der Waals surface area contributed by atoms with Crippen molar-refractivity contribution in [1.29, 1.82) is 0 Å². The van der Waals surface area contributed by atoms with Gasteiger partial charge in [-0.3, -0.25) is 9.11 Å². The fourth-order valence-electron chi connectivity index (χ4n) is 0.866. The Labute approximate surface area is 83.1 Å². The molecule has 1 heterocycles. The first-order chi connectivity index (χ1) is 6.45. The molecule has 0 unspecified atom stereocenters. The van der Waals surface area contributed by atoms with Crippen molar-refractivity contribution >= 4 is 16.6 Å². The number of carbonyl (C=O) groups is 1. The Hall–Kier alpha value is -1.11. The molecule has 2 N–H and O–H groups in total. The zero-order valence-electron chi connectivity index (χ0n) is 7.80. The van der Waals surface area contributed by atoms with Crippen LogP contribution < -0.4 is 0 Å². The maximum absolute atomic E-state index is 11.1. The second-order valence-corrected chi connectivity index (χ2v) is 4.79. The summed E-state index contributed by atoms with van der Waals surface area (Å²) in [5.74, 6) is -0.530. The minimum absolute atomic E-state index is 0.0837. The molecule has 0 radical (unpaired) electrons. The lowest BCUT2D eigenvalue weighted by molar-refractivity contribution is 0.0600. The second-order valence-electron chi connectivity index (χ2n) is 2.71. The predicted molar refractivity (Wildman–Crippen MR) is 52.6 cm³/mol. The molecule has 0 saturated carbocycles. The number of methoxy groups -OCH3 is 1. The van der Waals surface area contributed by atoms with Crippen LogP contribution in [0.25, 0.3) is 0 Å². The average Bonchev–Trinajstić information content (AvgIpc) is 2.15. The zero-order chi connectivity index (χ0) is 10.8. The number of hydrogen-bond donors (Lipinski definition) is 2. The summed E-state index contributed by atoms with van der Waals surface area (Å²) < 4.78 is 23.1. The number of pyridine rings is 1. The van der Waals surface area contributed by atoms with Gasteiger partial charge < -0.3 is 4.74 Å². The number of rotatable bonds is 2. The Morgan fingerprint density at radius 1 is 1.57 bits per heavy atom. The van der Waals surface area contributed by atoms with E-state index in [4.69, 9.17) is 0 Å². The molecule has 0 saturated heterocycles. The monoisotopic (exact) mass is 217 g/mol. The number of nitrogens with zero attached hydrogens (tertiary/aromatic N) is 1. The van der Waals surface area contributed by atoms with E-state index in [0.717, 1.165) is 0 Å². The van der Waals surface area contributed by atoms with Gasteiger partial charge >= 0.3 is 5.97 Å². The Morgan fingerprint density at radius 2 is 2.21 bits per heavy atom. The van der Waals surface area contributed by atoms with E-state index >= 15 is 0 Å². The fraction of sp³-hybridized carbons (Fsp3) is 0.250. The molecule has 14 heavy (non-hydrogen) atoms. The molecule has 1 aromatic rings. The summed E-state index contributed by atoms with van der Waals surface area (Å²) in [6, 6.07) is 2.75. The van der Waals surface area contributed by atoms with Crippen LogP contribution in [-0.2, 0) is 4.74 Å². The van der Waals surface area contributed by atoms with E-state index in [9.17, 15) is 13.9 Å². The Balaban J connectivity index is 3.08. The lowest BCUT2D eigenvalue weighted by atomic mass is 10.3. The van der Waals surface area contributed by atoms with Crippen LogP contribution in [0.2, 0.25) is 0 Å². The lowest BCUT2D eigenvalue weighted by Crippen LogP contribution is -2.04.